The summed E-state index contributed by atoms with van der Waals surface area (Å²) in [6.07, 6.45) is 3.53. The van der Waals surface area contributed by atoms with Crippen molar-refractivity contribution in [2.75, 3.05) is 18.0 Å². The standard InChI is InChI=1S/C14H18N2O/c1-2-14(17)16(12-6-4-3-5-7-12)13-8-10-15-11-9-13/h3-8,15H,2,9-11H2,1H3. The zero-order valence-corrected chi connectivity index (χ0v) is 10.1. The molecule has 0 fully saturated rings. The van der Waals surface area contributed by atoms with E-state index in [1.807, 2.05) is 42.2 Å². The Morgan fingerprint density at radius 3 is 2.71 bits per heavy atom. The zero-order valence-electron chi connectivity index (χ0n) is 10.1. The number of benzene rings is 1. The van der Waals surface area contributed by atoms with Gasteiger partial charge in [0, 0.05) is 37.3 Å². The lowest BCUT2D eigenvalue weighted by Gasteiger charge is -2.27. The molecule has 3 nitrogen and oxygen atoms in total. The molecule has 0 radical (unpaired) electrons. The van der Waals surface area contributed by atoms with Crippen molar-refractivity contribution < 1.29 is 4.79 Å². The van der Waals surface area contributed by atoms with Crippen LogP contribution in [0.15, 0.2) is 42.1 Å². The van der Waals surface area contributed by atoms with Crippen molar-refractivity contribution in [1.29, 1.82) is 0 Å². The SMILES string of the molecule is CCC(=O)N(C1=CCNCC1)c1ccccc1. The van der Waals surface area contributed by atoms with Crippen molar-refractivity contribution in [3.05, 3.63) is 42.1 Å². The maximum atomic E-state index is 12.1. The number of nitrogens with one attached hydrogen (secondary N) is 1. The summed E-state index contributed by atoms with van der Waals surface area (Å²) in [4.78, 5) is 13.9. The van der Waals surface area contributed by atoms with Gasteiger partial charge < -0.3 is 5.32 Å². The van der Waals surface area contributed by atoms with Gasteiger partial charge in [0.1, 0.15) is 0 Å². The summed E-state index contributed by atoms with van der Waals surface area (Å²) in [6.45, 7) is 3.68. The Balaban J connectivity index is 2.31. The number of carbonyl (C=O) groups excluding carboxylic acids is 1. The first kappa shape index (κ1) is 11.9. The highest BCUT2D eigenvalue weighted by Gasteiger charge is 2.19. The number of para-hydroxylation sites is 1. The predicted molar refractivity (Wildman–Crippen MR) is 69.8 cm³/mol. The molecule has 0 aromatic heterocycles. The minimum absolute atomic E-state index is 0.157. The molecule has 1 aliphatic heterocycles. The van der Waals surface area contributed by atoms with Crippen LogP contribution in [0, 0.1) is 0 Å². The van der Waals surface area contributed by atoms with Crippen molar-refractivity contribution in [3.63, 3.8) is 0 Å². The number of amides is 1. The predicted octanol–water partition coefficient (Wildman–Crippen LogP) is 2.31. The molecule has 1 heterocycles. The van der Waals surface area contributed by atoms with Gasteiger partial charge in [0.15, 0.2) is 0 Å². The first-order valence-electron chi connectivity index (χ1n) is 6.10. The average molecular weight is 230 g/mol. The maximum Gasteiger partial charge on any atom is 0.230 e. The minimum Gasteiger partial charge on any atom is -0.313 e. The van der Waals surface area contributed by atoms with Crippen molar-refractivity contribution in [3.8, 4) is 0 Å². The molecule has 1 aliphatic rings. The van der Waals surface area contributed by atoms with Gasteiger partial charge in [-0.2, -0.15) is 0 Å². The van der Waals surface area contributed by atoms with E-state index in [1.54, 1.807) is 0 Å². The smallest absolute Gasteiger partial charge is 0.230 e. The second-order valence-corrected chi connectivity index (χ2v) is 4.07. The van der Waals surface area contributed by atoms with Gasteiger partial charge in [-0.1, -0.05) is 31.2 Å². The lowest BCUT2D eigenvalue weighted by molar-refractivity contribution is -0.117. The Kier molecular flexibility index (Phi) is 3.94. The van der Waals surface area contributed by atoms with Crippen LogP contribution < -0.4 is 10.2 Å². The van der Waals surface area contributed by atoms with Crippen LogP contribution in [0.1, 0.15) is 19.8 Å². The van der Waals surface area contributed by atoms with E-state index in [9.17, 15) is 4.79 Å². The van der Waals surface area contributed by atoms with Crippen LogP contribution >= 0.6 is 0 Å². The molecule has 1 amide bonds. The van der Waals surface area contributed by atoms with Crippen LogP contribution in [-0.4, -0.2) is 19.0 Å². The van der Waals surface area contributed by atoms with E-state index in [0.717, 1.165) is 30.9 Å². The molecule has 1 N–H and O–H groups in total. The molecule has 0 aliphatic carbocycles. The number of carbonyl (C=O) groups is 1. The Hall–Kier alpha value is -1.61. The Morgan fingerprint density at radius 1 is 1.35 bits per heavy atom. The molecular formula is C14H18N2O. The summed E-state index contributed by atoms with van der Waals surface area (Å²) in [7, 11) is 0. The van der Waals surface area contributed by atoms with Crippen LogP contribution in [0.2, 0.25) is 0 Å². The highest BCUT2D eigenvalue weighted by Crippen LogP contribution is 2.22. The number of hydrogen-bond acceptors (Lipinski definition) is 2. The van der Waals surface area contributed by atoms with Gasteiger partial charge in [0.05, 0.1) is 0 Å². The van der Waals surface area contributed by atoms with Gasteiger partial charge in [0.25, 0.3) is 0 Å². The Morgan fingerprint density at radius 2 is 2.12 bits per heavy atom. The maximum absolute atomic E-state index is 12.1. The van der Waals surface area contributed by atoms with E-state index in [2.05, 4.69) is 11.4 Å². The molecular weight excluding hydrogens is 212 g/mol. The van der Waals surface area contributed by atoms with Crippen molar-refractivity contribution in [2.24, 2.45) is 0 Å². The van der Waals surface area contributed by atoms with Crippen LogP contribution in [-0.2, 0) is 4.79 Å². The zero-order chi connectivity index (χ0) is 12.1. The quantitative estimate of drug-likeness (QED) is 0.864. The molecule has 0 saturated carbocycles. The van der Waals surface area contributed by atoms with Gasteiger partial charge in [-0.25, -0.2) is 0 Å². The summed E-state index contributed by atoms with van der Waals surface area (Å²) < 4.78 is 0. The molecule has 1 aromatic carbocycles. The third kappa shape index (κ3) is 2.74. The average Bonchev–Trinajstić information content (AvgIpc) is 2.41. The first-order valence-corrected chi connectivity index (χ1v) is 6.10. The van der Waals surface area contributed by atoms with E-state index in [4.69, 9.17) is 0 Å². The number of hydrogen-bond donors (Lipinski definition) is 1. The number of rotatable bonds is 3. The van der Waals surface area contributed by atoms with E-state index in [0.29, 0.717) is 6.42 Å². The fourth-order valence-corrected chi connectivity index (χ4v) is 2.02. The molecule has 0 bridgehead atoms. The highest BCUT2D eigenvalue weighted by molar-refractivity contribution is 5.96. The van der Waals surface area contributed by atoms with Gasteiger partial charge in [-0.05, 0) is 12.1 Å². The second kappa shape index (κ2) is 5.64. The van der Waals surface area contributed by atoms with E-state index in [1.165, 1.54) is 0 Å². The summed E-state index contributed by atoms with van der Waals surface area (Å²) in [5, 5.41) is 3.26. The molecule has 0 atom stereocenters. The summed E-state index contributed by atoms with van der Waals surface area (Å²) >= 11 is 0. The first-order chi connectivity index (χ1) is 8.33. The van der Waals surface area contributed by atoms with Gasteiger partial charge in [-0.15, -0.1) is 0 Å². The fourth-order valence-electron chi connectivity index (χ4n) is 2.02. The number of nitrogens with zero attached hydrogens (tertiary/aromatic N) is 1. The lowest BCUT2D eigenvalue weighted by atomic mass is 10.1. The van der Waals surface area contributed by atoms with Gasteiger partial charge in [-0.3, -0.25) is 9.69 Å². The molecule has 0 unspecified atom stereocenters. The summed E-state index contributed by atoms with van der Waals surface area (Å²) in [5.41, 5.74) is 2.08. The van der Waals surface area contributed by atoms with Gasteiger partial charge >= 0.3 is 0 Å². The van der Waals surface area contributed by atoms with Crippen molar-refractivity contribution in [2.45, 2.75) is 19.8 Å². The number of anilines is 1. The Bertz CT molecular complexity index is 411. The molecule has 0 saturated heterocycles. The van der Waals surface area contributed by atoms with E-state index < -0.39 is 0 Å². The lowest BCUT2D eigenvalue weighted by Crippen LogP contribution is -2.34. The fraction of sp³-hybridized carbons (Fsp3) is 0.357. The summed E-state index contributed by atoms with van der Waals surface area (Å²) in [5.74, 6) is 0.157. The van der Waals surface area contributed by atoms with Crippen molar-refractivity contribution in [1.82, 2.24) is 5.32 Å². The van der Waals surface area contributed by atoms with E-state index in [-0.39, 0.29) is 5.91 Å². The normalized spacial score (nSPS) is 15.2. The van der Waals surface area contributed by atoms with Crippen LogP contribution in [0.5, 0.6) is 0 Å². The topological polar surface area (TPSA) is 32.3 Å². The highest BCUT2D eigenvalue weighted by atomic mass is 16.2. The molecule has 90 valence electrons. The Labute approximate surface area is 102 Å². The molecule has 0 spiro atoms. The third-order valence-electron chi connectivity index (χ3n) is 2.89. The second-order valence-electron chi connectivity index (χ2n) is 4.07. The largest absolute Gasteiger partial charge is 0.313 e. The van der Waals surface area contributed by atoms with Crippen LogP contribution in [0.25, 0.3) is 0 Å². The molecule has 2 rings (SSSR count). The molecule has 1 aromatic rings. The summed E-state index contributed by atoms with van der Waals surface area (Å²) in [6, 6.07) is 9.86. The van der Waals surface area contributed by atoms with Crippen LogP contribution in [0.3, 0.4) is 0 Å². The van der Waals surface area contributed by atoms with Gasteiger partial charge in [0.2, 0.25) is 5.91 Å². The third-order valence-corrected chi connectivity index (χ3v) is 2.89. The minimum atomic E-state index is 0.157. The van der Waals surface area contributed by atoms with E-state index >= 15 is 0 Å². The molecule has 3 heteroatoms. The van der Waals surface area contributed by atoms with Crippen molar-refractivity contribution >= 4 is 11.6 Å². The van der Waals surface area contributed by atoms with Crippen LogP contribution in [0.4, 0.5) is 5.69 Å². The monoisotopic (exact) mass is 230 g/mol. The molecule has 17 heavy (non-hydrogen) atoms.